The molecule has 2 rings (SSSR count). The van der Waals surface area contributed by atoms with E-state index >= 15 is 0 Å². The summed E-state index contributed by atoms with van der Waals surface area (Å²) in [6, 6.07) is 2.15. The summed E-state index contributed by atoms with van der Waals surface area (Å²) in [4.78, 5) is 12.8. The number of benzene rings is 1. The van der Waals surface area contributed by atoms with Crippen molar-refractivity contribution < 1.29 is 14.3 Å². The van der Waals surface area contributed by atoms with Gasteiger partial charge in [0.25, 0.3) is 0 Å². The van der Waals surface area contributed by atoms with Crippen molar-refractivity contribution in [2.75, 3.05) is 13.2 Å². The van der Waals surface area contributed by atoms with Crippen LogP contribution in [0.2, 0.25) is 39.3 Å². The maximum Gasteiger partial charge on any atom is 0.338 e. The van der Waals surface area contributed by atoms with Gasteiger partial charge in [0.15, 0.2) is 0 Å². The summed E-state index contributed by atoms with van der Waals surface area (Å²) in [5.74, 6) is 0.803. The molecule has 0 atom stereocenters. The first-order valence-corrected chi connectivity index (χ1v) is 16.3. The summed E-state index contributed by atoms with van der Waals surface area (Å²) in [6.45, 7) is 21.4. The van der Waals surface area contributed by atoms with Crippen molar-refractivity contribution in [1.82, 2.24) is 0 Å². The highest BCUT2D eigenvalue weighted by molar-refractivity contribution is 6.91. The average Bonchev–Trinajstić information content (AvgIpc) is 2.42. The Hall–Kier alpha value is -1.08. The number of hydrogen-bond donors (Lipinski definition) is 0. The van der Waals surface area contributed by atoms with Crippen LogP contribution in [0.5, 0.6) is 5.75 Å². The van der Waals surface area contributed by atoms with Gasteiger partial charge in [-0.15, -0.1) is 0 Å². The van der Waals surface area contributed by atoms with E-state index in [2.05, 4.69) is 59.2 Å². The van der Waals surface area contributed by atoms with Crippen LogP contribution in [0.15, 0.2) is 6.07 Å². The highest BCUT2D eigenvalue weighted by Crippen LogP contribution is 2.35. The van der Waals surface area contributed by atoms with E-state index in [4.69, 9.17) is 9.47 Å². The molecule has 1 aliphatic rings. The second-order valence-corrected chi connectivity index (χ2v) is 20.0. The van der Waals surface area contributed by atoms with E-state index in [-0.39, 0.29) is 11.4 Å². The first-order valence-electron chi connectivity index (χ1n) is 9.28. The topological polar surface area (TPSA) is 35.5 Å². The Labute approximate surface area is 155 Å². The number of carbonyl (C=O) groups is 1. The molecular formula is C20H34O3Si2. The van der Waals surface area contributed by atoms with Crippen molar-refractivity contribution in [3.8, 4) is 5.75 Å². The minimum atomic E-state index is -1.79. The van der Waals surface area contributed by atoms with Crippen LogP contribution < -0.4 is 15.1 Å². The van der Waals surface area contributed by atoms with Crippen LogP contribution in [0.1, 0.15) is 36.7 Å². The monoisotopic (exact) mass is 378 g/mol. The normalized spacial score (nSPS) is 16.8. The molecule has 1 heterocycles. The van der Waals surface area contributed by atoms with Crippen LogP contribution in [-0.4, -0.2) is 35.3 Å². The van der Waals surface area contributed by atoms with Crippen LogP contribution >= 0.6 is 0 Å². The fourth-order valence-electron chi connectivity index (χ4n) is 3.61. The third-order valence-corrected chi connectivity index (χ3v) is 8.76. The number of hydrogen-bond acceptors (Lipinski definition) is 3. The van der Waals surface area contributed by atoms with Gasteiger partial charge in [-0.05, 0) is 30.2 Å². The molecule has 1 aromatic carbocycles. The van der Waals surface area contributed by atoms with Crippen LogP contribution in [0.3, 0.4) is 0 Å². The van der Waals surface area contributed by atoms with Crippen molar-refractivity contribution in [3.05, 3.63) is 17.2 Å². The van der Waals surface area contributed by atoms with E-state index in [0.717, 1.165) is 22.9 Å². The maximum atomic E-state index is 12.8. The van der Waals surface area contributed by atoms with Crippen molar-refractivity contribution in [1.29, 1.82) is 0 Å². The minimum Gasteiger partial charge on any atom is -0.493 e. The highest BCUT2D eigenvalue weighted by atomic mass is 28.3. The predicted molar refractivity (Wildman–Crippen MR) is 111 cm³/mol. The van der Waals surface area contributed by atoms with Gasteiger partial charge < -0.3 is 9.47 Å². The second-order valence-electron chi connectivity index (χ2n) is 10.0. The summed E-state index contributed by atoms with van der Waals surface area (Å²) in [7, 11) is -3.42. The van der Waals surface area contributed by atoms with Gasteiger partial charge in [0.2, 0.25) is 0 Å². The standard InChI is InChI=1S/C20H34O3Si2/c1-10-22-19(21)14-11-16(24(4,5)6)15-12-20(2,3)13-23-17(15)18(14)25(7,8)9/h11H,10,12-13H2,1-9H3. The van der Waals surface area contributed by atoms with E-state index < -0.39 is 16.1 Å². The molecule has 25 heavy (non-hydrogen) atoms. The number of esters is 1. The number of ether oxygens (including phenoxy) is 2. The van der Waals surface area contributed by atoms with Crippen molar-refractivity contribution in [3.63, 3.8) is 0 Å². The Bertz CT molecular complexity index is 680. The fraction of sp³-hybridized carbons (Fsp3) is 0.650. The molecule has 0 N–H and O–H groups in total. The Morgan fingerprint density at radius 2 is 1.76 bits per heavy atom. The molecule has 0 amide bonds. The van der Waals surface area contributed by atoms with E-state index in [1.165, 1.54) is 10.8 Å². The van der Waals surface area contributed by atoms with E-state index in [1.54, 1.807) is 0 Å². The molecule has 0 aromatic heterocycles. The molecule has 140 valence electrons. The Balaban J connectivity index is 2.85. The van der Waals surface area contributed by atoms with Gasteiger partial charge in [0, 0.05) is 5.41 Å². The minimum absolute atomic E-state index is 0.129. The largest absolute Gasteiger partial charge is 0.493 e. The molecule has 0 spiro atoms. The quantitative estimate of drug-likeness (QED) is 0.588. The Morgan fingerprint density at radius 3 is 2.24 bits per heavy atom. The zero-order chi connectivity index (χ0) is 19.2. The molecular weight excluding hydrogens is 344 g/mol. The van der Waals surface area contributed by atoms with Crippen molar-refractivity contribution in [2.24, 2.45) is 5.41 Å². The first-order chi connectivity index (χ1) is 11.3. The van der Waals surface area contributed by atoms with E-state index in [1.807, 2.05) is 6.92 Å². The SMILES string of the molecule is CCOC(=O)c1cc([Si](C)(C)C)c2c(c1[Si](C)(C)C)OCC(C)(C)C2. The van der Waals surface area contributed by atoms with Gasteiger partial charge >= 0.3 is 5.97 Å². The van der Waals surface area contributed by atoms with Crippen molar-refractivity contribution in [2.45, 2.75) is 66.5 Å². The zero-order valence-electron chi connectivity index (χ0n) is 17.4. The zero-order valence-corrected chi connectivity index (χ0v) is 19.4. The third-order valence-electron chi connectivity index (χ3n) is 4.70. The number of carbonyl (C=O) groups excluding carboxylic acids is 1. The summed E-state index contributed by atoms with van der Waals surface area (Å²) in [5, 5.41) is 2.48. The van der Waals surface area contributed by atoms with E-state index in [0.29, 0.717) is 13.2 Å². The lowest BCUT2D eigenvalue weighted by atomic mass is 9.84. The number of fused-ring (bicyclic) bond motifs is 1. The van der Waals surface area contributed by atoms with Gasteiger partial charge in [-0.25, -0.2) is 4.79 Å². The van der Waals surface area contributed by atoms with Gasteiger partial charge in [0.05, 0.1) is 34.9 Å². The number of rotatable bonds is 4. The second kappa shape index (κ2) is 6.58. The molecule has 0 unspecified atom stereocenters. The van der Waals surface area contributed by atoms with Crippen LogP contribution in [0, 0.1) is 5.41 Å². The molecule has 1 aliphatic heterocycles. The summed E-state index contributed by atoms with van der Waals surface area (Å²) in [5.41, 5.74) is 2.22. The molecule has 0 aliphatic carbocycles. The Kier molecular flexibility index (Phi) is 5.33. The molecule has 0 saturated carbocycles. The van der Waals surface area contributed by atoms with Gasteiger partial charge in [0.1, 0.15) is 5.75 Å². The van der Waals surface area contributed by atoms with Gasteiger partial charge in [-0.2, -0.15) is 0 Å². The van der Waals surface area contributed by atoms with Crippen LogP contribution in [0.25, 0.3) is 0 Å². The Morgan fingerprint density at radius 1 is 1.16 bits per heavy atom. The lowest BCUT2D eigenvalue weighted by Crippen LogP contribution is -2.51. The van der Waals surface area contributed by atoms with Gasteiger partial charge in [-0.1, -0.05) is 58.3 Å². The smallest absolute Gasteiger partial charge is 0.338 e. The summed E-state index contributed by atoms with van der Waals surface area (Å²) >= 11 is 0. The molecule has 5 heteroatoms. The molecule has 1 aromatic rings. The predicted octanol–water partition coefficient (Wildman–Crippen LogP) is 3.91. The molecule has 0 fully saturated rings. The molecule has 3 nitrogen and oxygen atoms in total. The molecule has 0 radical (unpaired) electrons. The van der Waals surface area contributed by atoms with Crippen LogP contribution in [0.4, 0.5) is 0 Å². The highest BCUT2D eigenvalue weighted by Gasteiger charge is 2.39. The van der Waals surface area contributed by atoms with E-state index in [9.17, 15) is 4.79 Å². The maximum absolute atomic E-state index is 12.8. The van der Waals surface area contributed by atoms with Gasteiger partial charge in [-0.3, -0.25) is 0 Å². The summed E-state index contributed by atoms with van der Waals surface area (Å²) in [6.07, 6.45) is 1.02. The third kappa shape index (κ3) is 4.19. The van der Waals surface area contributed by atoms with Crippen LogP contribution in [-0.2, 0) is 11.2 Å². The summed E-state index contributed by atoms with van der Waals surface area (Å²) < 4.78 is 11.8. The first kappa shape index (κ1) is 20.2. The lowest BCUT2D eigenvalue weighted by Gasteiger charge is -2.38. The fourth-order valence-corrected chi connectivity index (χ4v) is 7.19. The average molecular weight is 379 g/mol. The van der Waals surface area contributed by atoms with Crippen molar-refractivity contribution >= 4 is 32.5 Å². The molecule has 0 saturated heterocycles. The molecule has 0 bridgehead atoms. The lowest BCUT2D eigenvalue weighted by molar-refractivity contribution is 0.0527.